The number of hydrogen-bond acceptors (Lipinski definition) is 5. The second-order valence-corrected chi connectivity index (χ2v) is 6.00. The van der Waals surface area contributed by atoms with E-state index in [1.54, 1.807) is 14.2 Å². The van der Waals surface area contributed by atoms with Crippen LogP contribution in [0.3, 0.4) is 0 Å². The molecular weight excluding hydrogens is 350 g/mol. The number of carbonyl (C=O) groups is 3. The first kappa shape index (κ1) is 20.0. The van der Waals surface area contributed by atoms with E-state index in [9.17, 15) is 14.4 Å². The molecule has 144 valence electrons. The highest BCUT2D eigenvalue weighted by atomic mass is 16.5. The molecule has 3 N–H and O–H groups in total. The summed E-state index contributed by atoms with van der Waals surface area (Å²) in [6.07, 6.45) is -0.0475. The van der Waals surface area contributed by atoms with Crippen LogP contribution in [0.2, 0.25) is 0 Å². The van der Waals surface area contributed by atoms with Crippen LogP contribution in [0, 0.1) is 0 Å². The van der Waals surface area contributed by atoms with Gasteiger partial charge in [-0.15, -0.1) is 0 Å². The number of likely N-dealkylation sites (N-methyl/N-ethyl adjacent to an activating group) is 1. The molecule has 0 aliphatic carbocycles. The molecule has 0 aromatic heterocycles. The van der Waals surface area contributed by atoms with E-state index in [1.165, 1.54) is 4.90 Å². The van der Waals surface area contributed by atoms with Crippen LogP contribution in [0.15, 0.2) is 36.4 Å². The first-order valence-electron chi connectivity index (χ1n) is 8.38. The van der Waals surface area contributed by atoms with Crippen molar-refractivity contribution in [3.63, 3.8) is 0 Å². The summed E-state index contributed by atoms with van der Waals surface area (Å²) in [5.41, 5.74) is 5.85. The van der Waals surface area contributed by atoms with Gasteiger partial charge in [-0.1, -0.05) is 18.2 Å². The Kier molecular flexibility index (Phi) is 6.99. The van der Waals surface area contributed by atoms with Gasteiger partial charge in [-0.2, -0.15) is 0 Å². The summed E-state index contributed by atoms with van der Waals surface area (Å²) in [5, 5.41) is 4.37. The lowest BCUT2D eigenvalue weighted by Gasteiger charge is -2.17. The van der Waals surface area contributed by atoms with Crippen molar-refractivity contribution in [1.29, 1.82) is 0 Å². The molecule has 0 bridgehead atoms. The Bertz CT molecular complexity index is 837. The van der Waals surface area contributed by atoms with Crippen molar-refractivity contribution in [3.05, 3.63) is 42.0 Å². The Labute approximate surface area is 157 Å². The normalized spacial score (nSPS) is 10.3. The molecule has 27 heavy (non-hydrogen) atoms. The number of benzene rings is 2. The minimum Gasteiger partial charge on any atom is -0.497 e. The Balaban J connectivity index is 1.85. The number of carbonyl (C=O) groups excluding carboxylic acids is 3. The molecule has 0 saturated carbocycles. The van der Waals surface area contributed by atoms with Crippen molar-refractivity contribution >= 4 is 28.7 Å². The lowest BCUT2D eigenvalue weighted by molar-refractivity contribution is -0.151. The highest BCUT2D eigenvalue weighted by Gasteiger charge is 2.13. The number of nitrogens with one attached hydrogen (secondary N) is 1. The van der Waals surface area contributed by atoms with Crippen molar-refractivity contribution in [2.75, 3.05) is 27.3 Å². The number of nitrogens with two attached hydrogens (primary N) is 1. The third kappa shape index (κ3) is 6.18. The third-order valence-corrected chi connectivity index (χ3v) is 3.94. The van der Waals surface area contributed by atoms with E-state index in [0.717, 1.165) is 22.1 Å². The fourth-order valence-electron chi connectivity index (χ4n) is 2.47. The third-order valence-electron chi connectivity index (χ3n) is 3.94. The summed E-state index contributed by atoms with van der Waals surface area (Å²) in [4.78, 5) is 35.6. The molecule has 2 aromatic rings. The van der Waals surface area contributed by atoms with Gasteiger partial charge in [0.1, 0.15) is 5.75 Å². The van der Waals surface area contributed by atoms with Crippen molar-refractivity contribution in [1.82, 2.24) is 10.2 Å². The number of methoxy groups -OCH3 is 1. The predicted octanol–water partition coefficient (Wildman–Crippen LogP) is 1.41. The Morgan fingerprint density at radius 2 is 1.81 bits per heavy atom. The average Bonchev–Trinajstić information content (AvgIpc) is 2.65. The van der Waals surface area contributed by atoms with E-state index in [1.807, 2.05) is 36.4 Å². The number of nitrogens with zero attached hydrogens (tertiary/aromatic N) is 1. The molecule has 2 aromatic carbocycles. The SMILES string of the molecule is COc1ccc2cc(CN(C)C(=O)COC(=O)CCNC(N)=O)ccc2c1. The maximum Gasteiger partial charge on any atom is 0.312 e. The summed E-state index contributed by atoms with van der Waals surface area (Å²) >= 11 is 0. The van der Waals surface area contributed by atoms with Crippen molar-refractivity contribution in [2.45, 2.75) is 13.0 Å². The molecule has 8 nitrogen and oxygen atoms in total. The van der Waals surface area contributed by atoms with E-state index in [4.69, 9.17) is 15.2 Å². The number of rotatable bonds is 8. The van der Waals surface area contributed by atoms with E-state index < -0.39 is 12.0 Å². The van der Waals surface area contributed by atoms with Crippen LogP contribution in [-0.4, -0.2) is 50.1 Å². The molecule has 0 heterocycles. The van der Waals surface area contributed by atoms with Gasteiger partial charge in [0, 0.05) is 20.1 Å². The quantitative estimate of drug-likeness (QED) is 0.680. The summed E-state index contributed by atoms with van der Waals surface area (Å²) in [6.45, 7) is 0.109. The van der Waals surface area contributed by atoms with Gasteiger partial charge in [0.2, 0.25) is 0 Å². The number of amides is 3. The zero-order valence-corrected chi connectivity index (χ0v) is 15.4. The minimum absolute atomic E-state index is 0.0475. The van der Waals surface area contributed by atoms with Gasteiger partial charge in [0.25, 0.3) is 5.91 Å². The zero-order chi connectivity index (χ0) is 19.8. The molecule has 0 radical (unpaired) electrons. The predicted molar refractivity (Wildman–Crippen MR) is 100 cm³/mol. The van der Waals surface area contributed by atoms with Crippen molar-refractivity contribution in [2.24, 2.45) is 5.73 Å². The number of ether oxygens (including phenoxy) is 2. The highest BCUT2D eigenvalue weighted by Crippen LogP contribution is 2.22. The molecule has 2 rings (SSSR count). The van der Waals surface area contributed by atoms with Gasteiger partial charge in [0.05, 0.1) is 13.5 Å². The van der Waals surface area contributed by atoms with Crippen LogP contribution in [0.1, 0.15) is 12.0 Å². The second-order valence-electron chi connectivity index (χ2n) is 6.00. The molecule has 0 fully saturated rings. The number of urea groups is 1. The number of fused-ring (bicyclic) bond motifs is 1. The van der Waals surface area contributed by atoms with Crippen LogP contribution >= 0.6 is 0 Å². The van der Waals surface area contributed by atoms with Crippen LogP contribution in [0.5, 0.6) is 5.75 Å². The van der Waals surface area contributed by atoms with Gasteiger partial charge in [-0.25, -0.2) is 4.79 Å². The Morgan fingerprint density at radius 1 is 1.11 bits per heavy atom. The van der Waals surface area contributed by atoms with Crippen LogP contribution < -0.4 is 15.8 Å². The fraction of sp³-hybridized carbons (Fsp3) is 0.316. The Morgan fingerprint density at radius 3 is 2.52 bits per heavy atom. The van der Waals surface area contributed by atoms with Gasteiger partial charge < -0.3 is 25.4 Å². The molecule has 0 unspecified atom stereocenters. The van der Waals surface area contributed by atoms with E-state index in [0.29, 0.717) is 6.54 Å². The summed E-state index contributed by atoms with van der Waals surface area (Å²) < 4.78 is 10.1. The first-order valence-corrected chi connectivity index (χ1v) is 8.38. The van der Waals surface area contributed by atoms with E-state index in [2.05, 4.69) is 5.32 Å². The van der Waals surface area contributed by atoms with Crippen molar-refractivity contribution in [3.8, 4) is 5.75 Å². The average molecular weight is 373 g/mol. The largest absolute Gasteiger partial charge is 0.497 e. The van der Waals surface area contributed by atoms with Crippen LogP contribution in [0.4, 0.5) is 4.79 Å². The number of esters is 1. The molecule has 3 amide bonds. The molecule has 0 spiro atoms. The van der Waals surface area contributed by atoms with Gasteiger partial charge in [0.15, 0.2) is 6.61 Å². The van der Waals surface area contributed by atoms with Gasteiger partial charge >= 0.3 is 12.0 Å². The highest BCUT2D eigenvalue weighted by molar-refractivity contribution is 5.85. The van der Waals surface area contributed by atoms with E-state index in [-0.39, 0.29) is 25.5 Å². The maximum absolute atomic E-state index is 12.1. The summed E-state index contributed by atoms with van der Waals surface area (Å²) in [5.74, 6) is -0.110. The fourth-order valence-corrected chi connectivity index (χ4v) is 2.47. The zero-order valence-electron chi connectivity index (χ0n) is 15.4. The van der Waals surface area contributed by atoms with Crippen LogP contribution in [0.25, 0.3) is 10.8 Å². The lowest BCUT2D eigenvalue weighted by Crippen LogP contribution is -2.33. The molecule has 0 atom stereocenters. The number of hydrogen-bond donors (Lipinski definition) is 2. The molecule has 0 aliphatic heterocycles. The summed E-state index contributed by atoms with van der Waals surface area (Å²) in [6, 6.07) is 11.0. The lowest BCUT2D eigenvalue weighted by atomic mass is 10.1. The van der Waals surface area contributed by atoms with Gasteiger partial charge in [-0.05, 0) is 34.5 Å². The Hall–Kier alpha value is -3.29. The first-order chi connectivity index (χ1) is 12.9. The van der Waals surface area contributed by atoms with E-state index >= 15 is 0 Å². The standard InChI is InChI=1S/C19H23N3O5/c1-22(17(23)12-27-18(24)7-8-21-19(20)25)11-13-3-4-15-10-16(26-2)6-5-14(15)9-13/h3-6,9-10H,7-8,11-12H2,1-2H3,(H3,20,21,25). The smallest absolute Gasteiger partial charge is 0.312 e. The number of primary amides is 1. The van der Waals surface area contributed by atoms with Crippen molar-refractivity contribution < 1.29 is 23.9 Å². The maximum atomic E-state index is 12.1. The van der Waals surface area contributed by atoms with Gasteiger partial charge in [-0.3, -0.25) is 9.59 Å². The molecule has 0 saturated heterocycles. The monoisotopic (exact) mass is 373 g/mol. The topological polar surface area (TPSA) is 111 Å². The molecule has 0 aliphatic rings. The summed E-state index contributed by atoms with van der Waals surface area (Å²) in [7, 11) is 3.26. The van der Waals surface area contributed by atoms with Crippen LogP contribution in [-0.2, 0) is 20.9 Å². The second kappa shape index (κ2) is 9.42. The minimum atomic E-state index is -0.715. The molecular formula is C19H23N3O5. The molecule has 8 heteroatoms.